The molecule has 1 aromatic carbocycles. The summed E-state index contributed by atoms with van der Waals surface area (Å²) in [6.07, 6.45) is 0. The van der Waals surface area contributed by atoms with Crippen LogP contribution < -0.4 is 0 Å². The Balaban J connectivity index is 3.34. The van der Waals surface area contributed by atoms with Crippen LogP contribution in [0.2, 0.25) is 5.02 Å². The van der Waals surface area contributed by atoms with E-state index in [9.17, 15) is 0 Å². The van der Waals surface area contributed by atoms with Crippen LogP contribution in [0.3, 0.4) is 0 Å². The lowest BCUT2D eigenvalue weighted by Crippen LogP contribution is -1.76. The van der Waals surface area contributed by atoms with Crippen LogP contribution in [0, 0.1) is 3.57 Å². The van der Waals surface area contributed by atoms with Crippen molar-refractivity contribution in [1.29, 1.82) is 0 Å². The van der Waals surface area contributed by atoms with Crippen molar-refractivity contribution >= 4 is 66.1 Å². The van der Waals surface area contributed by atoms with E-state index in [2.05, 4.69) is 54.5 Å². The zero-order chi connectivity index (χ0) is 7.72. The van der Waals surface area contributed by atoms with Crippen molar-refractivity contribution < 1.29 is 0 Å². The number of halogens is 4. The molecule has 0 aliphatic rings. The van der Waals surface area contributed by atoms with E-state index in [0.717, 1.165) is 17.5 Å². The van der Waals surface area contributed by atoms with Gasteiger partial charge in [-0.3, -0.25) is 0 Å². The first-order valence-electron chi connectivity index (χ1n) is 2.42. The van der Waals surface area contributed by atoms with E-state index < -0.39 is 0 Å². The van der Waals surface area contributed by atoms with Gasteiger partial charge in [0.1, 0.15) is 0 Å². The van der Waals surface area contributed by atoms with Gasteiger partial charge < -0.3 is 0 Å². The summed E-state index contributed by atoms with van der Waals surface area (Å²) in [7, 11) is 0. The summed E-state index contributed by atoms with van der Waals surface area (Å²) in [5.74, 6) is 0. The Labute approximate surface area is 94.7 Å². The van der Waals surface area contributed by atoms with Gasteiger partial charge in [-0.15, -0.1) is 0 Å². The van der Waals surface area contributed by atoms with Crippen LogP contribution in [-0.2, 0) is 0 Å². The summed E-state index contributed by atoms with van der Waals surface area (Å²) < 4.78 is 2.95. The lowest BCUT2D eigenvalue weighted by molar-refractivity contribution is 1.55. The quantitative estimate of drug-likeness (QED) is 0.345. The van der Waals surface area contributed by atoms with Crippen LogP contribution in [0.25, 0.3) is 0 Å². The van der Waals surface area contributed by atoms with Crippen LogP contribution in [0.5, 0.6) is 0 Å². The molecule has 0 aliphatic heterocycles. The van der Waals surface area contributed by atoms with E-state index in [-0.39, 0.29) is 0 Å². The molecule has 0 saturated heterocycles. The molecule has 0 amide bonds. The van der Waals surface area contributed by atoms with Crippen molar-refractivity contribution in [2.24, 2.45) is 0 Å². The van der Waals surface area contributed by atoms with Gasteiger partial charge in [-0.1, -0.05) is 11.6 Å². The highest BCUT2D eigenvalue weighted by atomic mass is 127. The molecule has 0 atom stereocenters. The lowest BCUT2D eigenvalue weighted by Gasteiger charge is -1.99. The van der Waals surface area contributed by atoms with E-state index >= 15 is 0 Å². The topological polar surface area (TPSA) is 0 Å². The largest absolute Gasteiger partial charge is 0.0819 e. The zero-order valence-electron chi connectivity index (χ0n) is 4.67. The molecule has 1 rings (SSSR count). The van der Waals surface area contributed by atoms with E-state index in [1.165, 1.54) is 0 Å². The Hall–Kier alpha value is 1.20. The van der Waals surface area contributed by atoms with Gasteiger partial charge in [-0.2, -0.15) is 0 Å². The van der Waals surface area contributed by atoms with Crippen LogP contribution in [0.4, 0.5) is 0 Å². The fourth-order valence-electron chi connectivity index (χ4n) is 0.502. The minimum absolute atomic E-state index is 0.759. The highest BCUT2D eigenvalue weighted by molar-refractivity contribution is 14.1. The normalized spacial score (nSPS) is 10.0. The van der Waals surface area contributed by atoms with Crippen LogP contribution >= 0.6 is 66.1 Å². The Morgan fingerprint density at radius 1 is 1.30 bits per heavy atom. The monoisotopic (exact) mass is 394 g/mol. The highest BCUT2D eigenvalue weighted by Gasteiger charge is 2.04. The second kappa shape index (κ2) is 3.74. The van der Waals surface area contributed by atoms with E-state index in [0.29, 0.717) is 0 Å². The molecule has 0 fully saturated rings. The molecule has 1 aromatic rings. The first-order chi connectivity index (χ1) is 4.63. The summed E-state index contributed by atoms with van der Waals surface area (Å²) in [5.41, 5.74) is 0. The maximum absolute atomic E-state index is 5.90. The van der Waals surface area contributed by atoms with Gasteiger partial charge in [-0.25, -0.2) is 0 Å². The first kappa shape index (κ1) is 9.29. The van der Waals surface area contributed by atoms with Gasteiger partial charge in [0.2, 0.25) is 0 Å². The molecule has 0 N–H and O–H groups in total. The molecule has 4 heteroatoms. The SMILES string of the molecule is Clc1c(I)ccc(Br)c1Br. The molecule has 0 spiro atoms. The molecular formula is C6H2Br2ClI. The molecule has 0 saturated carbocycles. The zero-order valence-corrected chi connectivity index (χ0v) is 10.8. The second-order valence-electron chi connectivity index (χ2n) is 1.66. The lowest BCUT2D eigenvalue weighted by atomic mass is 10.4. The third-order valence-corrected chi connectivity index (χ3v) is 4.84. The Bertz CT molecular complexity index is 235. The Morgan fingerprint density at radius 2 is 1.90 bits per heavy atom. The van der Waals surface area contributed by atoms with E-state index in [1.54, 1.807) is 0 Å². The first-order valence-corrected chi connectivity index (χ1v) is 5.46. The molecule has 0 aromatic heterocycles. The van der Waals surface area contributed by atoms with Crippen LogP contribution in [0.15, 0.2) is 21.1 Å². The van der Waals surface area contributed by atoms with Crippen LogP contribution in [-0.4, -0.2) is 0 Å². The third-order valence-electron chi connectivity index (χ3n) is 0.988. The second-order valence-corrected chi connectivity index (χ2v) is 4.84. The van der Waals surface area contributed by atoms with Crippen molar-refractivity contribution in [3.05, 3.63) is 29.7 Å². The van der Waals surface area contributed by atoms with Gasteiger partial charge in [0, 0.05) is 8.04 Å². The van der Waals surface area contributed by atoms with E-state index in [4.69, 9.17) is 11.6 Å². The standard InChI is InChI=1S/C6H2Br2ClI/c7-3-1-2-4(10)6(9)5(3)8/h1-2H. The van der Waals surface area contributed by atoms with Crippen molar-refractivity contribution in [2.45, 2.75) is 0 Å². The average molecular weight is 396 g/mol. The molecule has 0 nitrogen and oxygen atoms in total. The number of rotatable bonds is 0. The highest BCUT2D eigenvalue weighted by Crippen LogP contribution is 2.33. The Kier molecular flexibility index (Phi) is 3.47. The van der Waals surface area contributed by atoms with E-state index in [1.807, 2.05) is 12.1 Å². The summed E-state index contributed by atoms with van der Waals surface area (Å²) in [4.78, 5) is 0. The molecule has 0 aliphatic carbocycles. The van der Waals surface area contributed by atoms with Gasteiger partial charge in [-0.05, 0) is 66.6 Å². The minimum Gasteiger partial charge on any atom is -0.0819 e. The molecule has 54 valence electrons. The fraction of sp³-hybridized carbons (Fsp3) is 0. The maximum Gasteiger partial charge on any atom is 0.0692 e. The van der Waals surface area contributed by atoms with Crippen LogP contribution in [0.1, 0.15) is 0 Å². The number of hydrogen-bond donors (Lipinski definition) is 0. The fourth-order valence-corrected chi connectivity index (χ4v) is 2.28. The average Bonchev–Trinajstić information content (AvgIpc) is 1.93. The smallest absolute Gasteiger partial charge is 0.0692 e. The molecule has 0 unspecified atom stereocenters. The molecule has 0 radical (unpaired) electrons. The maximum atomic E-state index is 5.90. The molecule has 0 heterocycles. The van der Waals surface area contributed by atoms with Crippen molar-refractivity contribution in [3.8, 4) is 0 Å². The number of hydrogen-bond acceptors (Lipinski definition) is 0. The predicted octanol–water partition coefficient (Wildman–Crippen LogP) is 4.47. The summed E-state index contributed by atoms with van der Waals surface area (Å²) in [5, 5.41) is 0.759. The van der Waals surface area contributed by atoms with Gasteiger partial charge in [0.25, 0.3) is 0 Å². The van der Waals surface area contributed by atoms with Gasteiger partial charge in [0.15, 0.2) is 0 Å². The minimum atomic E-state index is 0.759. The predicted molar refractivity (Wildman–Crippen MR) is 59.6 cm³/mol. The van der Waals surface area contributed by atoms with Crippen molar-refractivity contribution in [3.63, 3.8) is 0 Å². The van der Waals surface area contributed by atoms with Gasteiger partial charge >= 0.3 is 0 Å². The molecular weight excluding hydrogens is 394 g/mol. The summed E-state index contributed by atoms with van der Waals surface area (Å²) >= 11 is 14.8. The summed E-state index contributed by atoms with van der Waals surface area (Å²) in [6, 6.07) is 3.91. The molecule has 0 bridgehead atoms. The third kappa shape index (κ3) is 1.87. The number of benzene rings is 1. The Morgan fingerprint density at radius 3 is 2.40 bits per heavy atom. The van der Waals surface area contributed by atoms with Gasteiger partial charge in [0.05, 0.1) is 9.50 Å². The summed E-state index contributed by atoms with van der Waals surface area (Å²) in [6.45, 7) is 0. The molecule has 10 heavy (non-hydrogen) atoms. The van der Waals surface area contributed by atoms with Crippen molar-refractivity contribution in [1.82, 2.24) is 0 Å². The van der Waals surface area contributed by atoms with Crippen molar-refractivity contribution in [2.75, 3.05) is 0 Å².